The van der Waals surface area contributed by atoms with Crippen molar-refractivity contribution in [3.05, 3.63) is 47.7 Å². The second kappa shape index (κ2) is 4.92. The van der Waals surface area contributed by atoms with Gasteiger partial charge >= 0.3 is 0 Å². The molecule has 1 aromatic carbocycles. The Bertz CT molecular complexity index is 586. The Morgan fingerprint density at radius 3 is 2.53 bits per heavy atom. The van der Waals surface area contributed by atoms with E-state index in [1.54, 1.807) is 12.3 Å². The molecule has 0 fully saturated rings. The molecule has 0 atom stereocenters. The van der Waals surface area contributed by atoms with Gasteiger partial charge in [0.05, 0.1) is 0 Å². The Morgan fingerprint density at radius 1 is 1.16 bits per heavy atom. The van der Waals surface area contributed by atoms with E-state index in [2.05, 4.69) is 31.8 Å². The lowest BCUT2D eigenvalue weighted by molar-refractivity contribution is 0.460. The van der Waals surface area contributed by atoms with E-state index >= 15 is 0 Å². The molecule has 1 aromatic heterocycles. The number of aromatic nitrogens is 1. The van der Waals surface area contributed by atoms with Crippen LogP contribution in [0.2, 0.25) is 0 Å². The lowest BCUT2D eigenvalue weighted by Crippen LogP contribution is -2.10. The van der Waals surface area contributed by atoms with E-state index in [0.29, 0.717) is 11.6 Å². The number of pyridine rings is 1. The van der Waals surface area contributed by atoms with Gasteiger partial charge in [0.25, 0.3) is 0 Å². The number of nitrogen functional groups attached to an aromatic ring is 1. The minimum Gasteiger partial charge on any atom is -0.439 e. The highest BCUT2D eigenvalue weighted by Crippen LogP contribution is 2.28. The number of aryl methyl sites for hydroxylation is 1. The Balaban J connectivity index is 2.26. The van der Waals surface area contributed by atoms with Crippen LogP contribution >= 0.6 is 0 Å². The van der Waals surface area contributed by atoms with Gasteiger partial charge in [-0.1, -0.05) is 32.9 Å². The summed E-state index contributed by atoms with van der Waals surface area (Å²) >= 11 is 0. The number of hydrogen-bond acceptors (Lipinski definition) is 3. The molecule has 19 heavy (non-hydrogen) atoms. The minimum absolute atomic E-state index is 0.0963. The third kappa shape index (κ3) is 3.25. The summed E-state index contributed by atoms with van der Waals surface area (Å²) in [5.41, 5.74) is 8.82. The number of benzene rings is 1. The summed E-state index contributed by atoms with van der Waals surface area (Å²) in [6.45, 7) is 8.45. The van der Waals surface area contributed by atoms with E-state index in [4.69, 9.17) is 10.5 Å². The van der Waals surface area contributed by atoms with Gasteiger partial charge in [0.2, 0.25) is 5.88 Å². The fraction of sp³-hybridized carbons (Fsp3) is 0.312. The minimum atomic E-state index is 0.0963. The monoisotopic (exact) mass is 256 g/mol. The van der Waals surface area contributed by atoms with Crippen LogP contribution in [0.5, 0.6) is 11.6 Å². The van der Waals surface area contributed by atoms with Crippen molar-refractivity contribution in [3.63, 3.8) is 0 Å². The third-order valence-electron chi connectivity index (χ3n) is 3.04. The molecule has 0 radical (unpaired) electrons. The number of nitrogens with zero attached hydrogens (tertiary/aromatic N) is 1. The Kier molecular flexibility index (Phi) is 3.47. The Labute approximate surface area is 114 Å². The Morgan fingerprint density at radius 2 is 1.89 bits per heavy atom. The predicted octanol–water partition coefficient (Wildman–Crippen LogP) is 4.06. The van der Waals surface area contributed by atoms with Gasteiger partial charge in [0, 0.05) is 18.0 Å². The maximum Gasteiger partial charge on any atom is 0.221 e. The summed E-state index contributed by atoms with van der Waals surface area (Å²) in [7, 11) is 0. The van der Waals surface area contributed by atoms with Crippen molar-refractivity contribution < 1.29 is 4.74 Å². The molecule has 2 N–H and O–H groups in total. The fourth-order valence-corrected chi connectivity index (χ4v) is 1.72. The fourth-order valence-electron chi connectivity index (χ4n) is 1.72. The quantitative estimate of drug-likeness (QED) is 0.881. The van der Waals surface area contributed by atoms with Crippen LogP contribution in [-0.2, 0) is 5.41 Å². The number of anilines is 1. The van der Waals surface area contributed by atoms with E-state index in [-0.39, 0.29) is 5.41 Å². The van der Waals surface area contributed by atoms with Crippen LogP contribution in [0.25, 0.3) is 0 Å². The van der Waals surface area contributed by atoms with Crippen LogP contribution < -0.4 is 10.5 Å². The largest absolute Gasteiger partial charge is 0.439 e. The highest BCUT2D eigenvalue weighted by molar-refractivity contribution is 5.48. The first-order valence-corrected chi connectivity index (χ1v) is 6.37. The van der Waals surface area contributed by atoms with Gasteiger partial charge < -0.3 is 10.5 Å². The van der Waals surface area contributed by atoms with E-state index in [0.717, 1.165) is 11.3 Å². The van der Waals surface area contributed by atoms with Crippen molar-refractivity contribution in [3.8, 4) is 11.6 Å². The molecule has 0 saturated carbocycles. The average Bonchev–Trinajstić information content (AvgIpc) is 2.33. The van der Waals surface area contributed by atoms with Crippen molar-refractivity contribution in [2.45, 2.75) is 33.1 Å². The van der Waals surface area contributed by atoms with E-state index < -0.39 is 0 Å². The van der Waals surface area contributed by atoms with Crippen molar-refractivity contribution in [2.24, 2.45) is 0 Å². The molecule has 100 valence electrons. The van der Waals surface area contributed by atoms with E-state index in [9.17, 15) is 0 Å². The molecule has 0 unspecified atom stereocenters. The highest BCUT2D eigenvalue weighted by atomic mass is 16.5. The van der Waals surface area contributed by atoms with Gasteiger partial charge in [-0.15, -0.1) is 0 Å². The zero-order chi connectivity index (χ0) is 14.0. The molecular formula is C16H20N2O. The zero-order valence-electron chi connectivity index (χ0n) is 11.9. The zero-order valence-corrected chi connectivity index (χ0v) is 11.9. The molecular weight excluding hydrogens is 236 g/mol. The first-order valence-electron chi connectivity index (χ1n) is 6.37. The molecule has 2 rings (SSSR count). The molecule has 3 nitrogen and oxygen atoms in total. The van der Waals surface area contributed by atoms with Crippen LogP contribution in [0.15, 0.2) is 36.5 Å². The lowest BCUT2D eigenvalue weighted by Gasteiger charge is -2.19. The van der Waals surface area contributed by atoms with E-state index in [1.165, 1.54) is 5.56 Å². The van der Waals surface area contributed by atoms with Gasteiger partial charge in [0.15, 0.2) is 0 Å². The van der Waals surface area contributed by atoms with Crippen molar-refractivity contribution in [2.75, 3.05) is 5.73 Å². The summed E-state index contributed by atoms with van der Waals surface area (Å²) in [4.78, 5) is 4.22. The third-order valence-corrected chi connectivity index (χ3v) is 3.04. The summed E-state index contributed by atoms with van der Waals surface area (Å²) in [6, 6.07) is 9.81. The number of nitrogens with two attached hydrogens (primary N) is 1. The van der Waals surface area contributed by atoms with Gasteiger partial charge in [-0.05, 0) is 35.6 Å². The highest BCUT2D eigenvalue weighted by Gasteiger charge is 2.14. The molecule has 0 spiro atoms. The topological polar surface area (TPSA) is 48.1 Å². The lowest BCUT2D eigenvalue weighted by atomic mass is 9.87. The van der Waals surface area contributed by atoms with Crippen LogP contribution in [0.1, 0.15) is 31.9 Å². The maximum absolute atomic E-state index is 5.85. The smallest absolute Gasteiger partial charge is 0.221 e. The molecule has 3 heteroatoms. The Hall–Kier alpha value is -2.03. The molecule has 0 aliphatic rings. The SMILES string of the molecule is Cc1cnc(Oc2cccc(C(C)(C)C)c2)cc1N. The van der Waals surface area contributed by atoms with Crippen molar-refractivity contribution in [1.82, 2.24) is 4.98 Å². The summed E-state index contributed by atoms with van der Waals surface area (Å²) in [5, 5.41) is 0. The van der Waals surface area contributed by atoms with E-state index in [1.807, 2.05) is 25.1 Å². The number of ether oxygens (including phenoxy) is 1. The van der Waals surface area contributed by atoms with Gasteiger partial charge in [-0.25, -0.2) is 4.98 Å². The van der Waals surface area contributed by atoms with Crippen LogP contribution in [0, 0.1) is 6.92 Å². The second-order valence-electron chi connectivity index (χ2n) is 5.76. The summed E-state index contributed by atoms with van der Waals surface area (Å²) in [5.74, 6) is 1.30. The van der Waals surface area contributed by atoms with Crippen LogP contribution in [0.4, 0.5) is 5.69 Å². The van der Waals surface area contributed by atoms with Gasteiger partial charge in [0.1, 0.15) is 5.75 Å². The number of hydrogen-bond donors (Lipinski definition) is 1. The van der Waals surface area contributed by atoms with Gasteiger partial charge in [-0.2, -0.15) is 0 Å². The normalized spacial score (nSPS) is 11.4. The first-order chi connectivity index (χ1) is 8.86. The summed E-state index contributed by atoms with van der Waals surface area (Å²) in [6.07, 6.45) is 1.72. The molecule has 2 aromatic rings. The number of rotatable bonds is 2. The summed E-state index contributed by atoms with van der Waals surface area (Å²) < 4.78 is 5.76. The van der Waals surface area contributed by atoms with Crippen molar-refractivity contribution in [1.29, 1.82) is 0 Å². The first kappa shape index (κ1) is 13.4. The molecule has 0 aliphatic carbocycles. The molecule has 0 aliphatic heterocycles. The van der Waals surface area contributed by atoms with Crippen LogP contribution in [-0.4, -0.2) is 4.98 Å². The maximum atomic E-state index is 5.85. The average molecular weight is 256 g/mol. The molecule has 0 amide bonds. The van der Waals surface area contributed by atoms with Crippen molar-refractivity contribution >= 4 is 5.69 Å². The molecule has 0 saturated heterocycles. The molecule has 0 bridgehead atoms. The van der Waals surface area contributed by atoms with Crippen LogP contribution in [0.3, 0.4) is 0 Å². The van der Waals surface area contributed by atoms with Gasteiger partial charge in [-0.3, -0.25) is 0 Å². The second-order valence-corrected chi connectivity index (χ2v) is 5.76. The predicted molar refractivity (Wildman–Crippen MR) is 78.6 cm³/mol. The molecule has 1 heterocycles. The standard InChI is InChI=1S/C16H20N2O/c1-11-10-18-15(9-14(11)17)19-13-7-5-6-12(8-13)16(2,3)4/h5-10H,1-4H3,(H2,17,18).